The normalized spacial score (nSPS) is 10.4. The van der Waals surface area contributed by atoms with E-state index in [9.17, 15) is 0 Å². The first-order chi connectivity index (χ1) is 10.3. The molecule has 0 saturated heterocycles. The summed E-state index contributed by atoms with van der Waals surface area (Å²) in [6, 6.07) is 16.9. The molecule has 1 aromatic heterocycles. The van der Waals surface area contributed by atoms with E-state index in [2.05, 4.69) is 53.5 Å². The average Bonchev–Trinajstić information content (AvgIpc) is 2.86. The first-order valence-electron chi connectivity index (χ1n) is 7.47. The van der Waals surface area contributed by atoms with Gasteiger partial charge in [-0.1, -0.05) is 62.4 Å². The van der Waals surface area contributed by atoms with Gasteiger partial charge < -0.3 is 11.8 Å². The summed E-state index contributed by atoms with van der Waals surface area (Å²) < 4.78 is 5.86. The third kappa shape index (κ3) is 3.64. The third-order valence-electron chi connectivity index (χ3n) is 3.65. The molecule has 0 fully saturated rings. The second kappa shape index (κ2) is 8.56. The number of benzene rings is 2. The first-order valence-corrected chi connectivity index (χ1v) is 7.47. The molecule has 0 bridgehead atoms. The summed E-state index contributed by atoms with van der Waals surface area (Å²) in [5.74, 6) is 1.62. The molecule has 117 valence electrons. The molecule has 1 aliphatic carbocycles. The number of rotatable bonds is 0. The van der Waals surface area contributed by atoms with Gasteiger partial charge in [-0.2, -0.15) is 0 Å². The van der Waals surface area contributed by atoms with E-state index in [-0.39, 0.29) is 40.1 Å². The number of hydrogen-bond acceptors (Lipinski definition) is 2. The topological polar surface area (TPSA) is 26.0 Å². The van der Waals surface area contributed by atoms with Crippen LogP contribution in [0.4, 0.5) is 0 Å². The van der Waals surface area contributed by atoms with Crippen molar-refractivity contribution in [1.29, 1.82) is 0 Å². The fourth-order valence-corrected chi connectivity index (χ4v) is 2.80. The molecule has 0 atom stereocenters. The van der Waals surface area contributed by atoms with E-state index in [0.29, 0.717) is 0 Å². The molecule has 0 unspecified atom stereocenters. The van der Waals surface area contributed by atoms with Crippen LogP contribution in [0.15, 0.2) is 52.9 Å². The van der Waals surface area contributed by atoms with Crippen molar-refractivity contribution in [2.24, 2.45) is 0 Å². The van der Waals surface area contributed by atoms with Crippen molar-refractivity contribution in [2.45, 2.75) is 27.2 Å². The van der Waals surface area contributed by atoms with Crippen molar-refractivity contribution in [3.05, 3.63) is 73.0 Å². The van der Waals surface area contributed by atoms with Crippen molar-refractivity contribution >= 4 is 0 Å². The van der Waals surface area contributed by atoms with Crippen LogP contribution in [0.3, 0.4) is 0 Å². The zero-order chi connectivity index (χ0) is 14.8. The summed E-state index contributed by atoms with van der Waals surface area (Å²) in [6.45, 7) is 5.90. The Kier molecular flexibility index (Phi) is 7.37. The van der Waals surface area contributed by atoms with Gasteiger partial charge in [0.2, 0.25) is 0 Å². The van der Waals surface area contributed by atoms with E-state index >= 15 is 0 Å². The molecule has 1 radical (unpaired) electrons. The van der Waals surface area contributed by atoms with Crippen LogP contribution in [-0.2, 0) is 39.1 Å². The van der Waals surface area contributed by atoms with Gasteiger partial charge in [0.1, 0.15) is 5.69 Å². The van der Waals surface area contributed by atoms with Crippen molar-refractivity contribution in [1.82, 2.24) is 4.98 Å². The van der Waals surface area contributed by atoms with Gasteiger partial charge >= 0.3 is 0 Å². The summed E-state index contributed by atoms with van der Waals surface area (Å²) >= 11 is 0. The van der Waals surface area contributed by atoms with Crippen molar-refractivity contribution in [3.8, 4) is 22.6 Å². The van der Waals surface area contributed by atoms with E-state index in [1.165, 1.54) is 16.7 Å². The Morgan fingerprint density at radius 2 is 1.39 bits per heavy atom. The molecule has 1 heterocycles. The largest absolute Gasteiger partial charge is 0.440 e. The number of hydrogen-bond donors (Lipinski definition) is 0. The summed E-state index contributed by atoms with van der Waals surface area (Å²) in [5.41, 5.74) is 5.92. The molecule has 0 N–H and O–H groups in total. The van der Waals surface area contributed by atoms with Crippen LogP contribution in [0.2, 0.25) is 0 Å². The number of aromatic nitrogens is 1. The SMILES string of the molecule is CC.Cc1nc2c(o1)-c1ccccc1Cc1ccccc1-2.[CH3-].[Y]. The number of oxazole rings is 1. The first kappa shape index (κ1) is 19.8. The van der Waals surface area contributed by atoms with E-state index in [1.807, 2.05) is 20.8 Å². The van der Waals surface area contributed by atoms with Crippen LogP contribution < -0.4 is 0 Å². The van der Waals surface area contributed by atoms with Gasteiger partial charge in [0.15, 0.2) is 11.7 Å². The van der Waals surface area contributed by atoms with Gasteiger partial charge in [-0.05, 0) is 17.5 Å². The second-order valence-electron chi connectivity index (χ2n) is 4.90. The van der Waals surface area contributed by atoms with Crippen molar-refractivity contribution < 1.29 is 37.1 Å². The second-order valence-corrected chi connectivity index (χ2v) is 4.90. The van der Waals surface area contributed by atoms with Crippen LogP contribution >= 0.6 is 0 Å². The fraction of sp³-hybridized carbons (Fsp3) is 0.200. The molecule has 0 amide bonds. The van der Waals surface area contributed by atoms with Gasteiger partial charge in [-0.25, -0.2) is 4.98 Å². The maximum Gasteiger partial charge on any atom is 0.192 e. The van der Waals surface area contributed by atoms with Gasteiger partial charge in [0.05, 0.1) is 0 Å². The molecule has 2 aromatic carbocycles. The summed E-state index contributed by atoms with van der Waals surface area (Å²) in [6.07, 6.45) is 0.928. The monoisotopic (exact) mass is 381 g/mol. The predicted octanol–water partition coefficient (Wildman–Crippen LogP) is 5.70. The van der Waals surface area contributed by atoms with E-state index in [1.54, 1.807) is 0 Å². The summed E-state index contributed by atoms with van der Waals surface area (Å²) in [4.78, 5) is 4.58. The van der Waals surface area contributed by atoms with Gasteiger partial charge in [-0.15, -0.1) is 0 Å². The maximum atomic E-state index is 5.86. The Balaban J connectivity index is 0.000000638. The Bertz CT molecular complexity index is 714. The zero-order valence-corrected chi connectivity index (χ0v) is 17.1. The van der Waals surface area contributed by atoms with Crippen molar-refractivity contribution in [2.75, 3.05) is 0 Å². The van der Waals surface area contributed by atoms with E-state index in [0.717, 1.165) is 29.3 Å². The van der Waals surface area contributed by atoms with Gasteiger partial charge in [0, 0.05) is 50.8 Å². The Labute approximate surface area is 164 Å². The fourth-order valence-electron chi connectivity index (χ4n) is 2.80. The molecule has 3 heteroatoms. The minimum Gasteiger partial charge on any atom is -0.440 e. The molecule has 0 aliphatic heterocycles. The predicted molar refractivity (Wildman–Crippen MR) is 92.7 cm³/mol. The average molecular weight is 381 g/mol. The molecular formula is C20H22NOY-. The van der Waals surface area contributed by atoms with Crippen LogP contribution in [0, 0.1) is 14.4 Å². The molecule has 0 spiro atoms. The smallest absolute Gasteiger partial charge is 0.192 e. The van der Waals surface area contributed by atoms with E-state index in [4.69, 9.17) is 4.42 Å². The number of nitrogens with zero attached hydrogens (tertiary/aromatic N) is 1. The van der Waals surface area contributed by atoms with Crippen LogP contribution in [0.5, 0.6) is 0 Å². The number of aryl methyl sites for hydroxylation is 1. The standard InChI is InChI=1S/C17H13NO.C2H6.CH3.Y/c1-11-18-16-14-8-4-2-6-12(14)10-13-7-3-5-9-15(13)17(16)19-11;1-2;;/h2-9H,10H2,1H3;1-2H3;1H3;/q;;-1;. The zero-order valence-electron chi connectivity index (χ0n) is 14.3. The maximum absolute atomic E-state index is 5.86. The van der Waals surface area contributed by atoms with Gasteiger partial charge in [-0.3, -0.25) is 0 Å². The molecule has 4 rings (SSSR count). The Morgan fingerprint density at radius 3 is 2.04 bits per heavy atom. The Morgan fingerprint density at radius 1 is 0.870 bits per heavy atom. The summed E-state index contributed by atoms with van der Waals surface area (Å²) in [5, 5.41) is 0. The molecule has 1 aliphatic rings. The van der Waals surface area contributed by atoms with Crippen molar-refractivity contribution in [3.63, 3.8) is 0 Å². The molecule has 2 nitrogen and oxygen atoms in total. The third-order valence-corrected chi connectivity index (χ3v) is 3.65. The Hall–Kier alpha value is -1.25. The molecule has 0 saturated carbocycles. The molecule has 3 aromatic rings. The quantitative estimate of drug-likeness (QED) is 0.366. The van der Waals surface area contributed by atoms with Crippen LogP contribution in [0.1, 0.15) is 30.9 Å². The molecular weight excluding hydrogens is 359 g/mol. The van der Waals surface area contributed by atoms with E-state index < -0.39 is 0 Å². The molecule has 23 heavy (non-hydrogen) atoms. The van der Waals surface area contributed by atoms with Crippen LogP contribution in [-0.4, -0.2) is 4.98 Å². The van der Waals surface area contributed by atoms with Crippen LogP contribution in [0.25, 0.3) is 22.6 Å². The summed E-state index contributed by atoms with van der Waals surface area (Å²) in [7, 11) is 0. The number of fused-ring (bicyclic) bond motifs is 5. The minimum atomic E-state index is 0. The van der Waals surface area contributed by atoms with Gasteiger partial charge in [0.25, 0.3) is 0 Å². The minimum absolute atomic E-state index is 0.